The lowest BCUT2D eigenvalue weighted by Crippen LogP contribution is -2.26. The van der Waals surface area contributed by atoms with E-state index < -0.39 is 0 Å². The summed E-state index contributed by atoms with van der Waals surface area (Å²) in [4.78, 5) is 17.3. The Morgan fingerprint density at radius 1 is 1.30 bits per heavy atom. The standard InChI is InChI=1S/C23H30N4O2S.H2/c1-14(20(28)25-22-27-26-21(30-22)23(2,3)4)16-10-11-17(13-16)29-18-9-5-7-15-8-6-12-24-19(15)18;/h5,7,9,12,14,16-17H,6,8,10-11,13H2,1-4H3,(H,25,27,28);1H. The Bertz CT molecular complexity index is 953. The second-order valence-electron chi connectivity index (χ2n) is 9.37. The molecule has 3 atom stereocenters. The molecule has 1 aromatic heterocycles. The van der Waals surface area contributed by atoms with Crippen molar-refractivity contribution in [3.05, 3.63) is 28.8 Å². The molecule has 6 nitrogen and oxygen atoms in total. The fraction of sp³-hybridized carbons (Fsp3) is 0.565. The zero-order chi connectivity index (χ0) is 21.3. The second kappa shape index (κ2) is 8.46. The summed E-state index contributed by atoms with van der Waals surface area (Å²) in [6.07, 6.45) is 6.93. The van der Waals surface area contributed by atoms with Gasteiger partial charge in [-0.05, 0) is 49.7 Å². The summed E-state index contributed by atoms with van der Waals surface area (Å²) < 4.78 is 6.33. The second-order valence-corrected chi connectivity index (χ2v) is 10.3. The maximum Gasteiger partial charge on any atom is 0.229 e. The SMILES string of the molecule is CC(C(=O)Nc1nnc(C(C)(C)C)s1)C1CCC(Oc2cccc3c2N=CCC3)C1.[HH]. The van der Waals surface area contributed by atoms with Crippen molar-refractivity contribution in [2.75, 3.05) is 5.32 Å². The number of carbonyl (C=O) groups excluding carboxylic acids is 1. The molecule has 7 heteroatoms. The number of benzene rings is 1. The molecule has 4 rings (SSSR count). The number of hydrogen-bond donors (Lipinski definition) is 1. The van der Waals surface area contributed by atoms with Crippen molar-refractivity contribution < 1.29 is 11.0 Å². The Labute approximate surface area is 183 Å². The summed E-state index contributed by atoms with van der Waals surface area (Å²) in [6, 6.07) is 6.18. The van der Waals surface area contributed by atoms with Crippen LogP contribution in [0.2, 0.25) is 0 Å². The minimum absolute atomic E-state index is 0. The van der Waals surface area contributed by atoms with Gasteiger partial charge in [-0.2, -0.15) is 0 Å². The molecule has 1 saturated carbocycles. The van der Waals surface area contributed by atoms with Gasteiger partial charge in [0.25, 0.3) is 0 Å². The molecule has 1 aromatic carbocycles. The van der Waals surface area contributed by atoms with Gasteiger partial charge >= 0.3 is 0 Å². The molecule has 2 heterocycles. The van der Waals surface area contributed by atoms with Crippen molar-refractivity contribution in [1.82, 2.24) is 10.2 Å². The third kappa shape index (κ3) is 4.56. The summed E-state index contributed by atoms with van der Waals surface area (Å²) in [5.74, 6) is 1.09. The molecule has 0 saturated heterocycles. The molecular formula is C23H32N4O2S. The number of fused-ring (bicyclic) bond motifs is 1. The first-order chi connectivity index (χ1) is 14.3. The summed E-state index contributed by atoms with van der Waals surface area (Å²) >= 11 is 1.45. The predicted octanol–water partition coefficient (Wildman–Crippen LogP) is 5.55. The van der Waals surface area contributed by atoms with Crippen LogP contribution in [0.1, 0.15) is 65.4 Å². The van der Waals surface area contributed by atoms with Gasteiger partial charge in [0.15, 0.2) is 0 Å². The Morgan fingerprint density at radius 3 is 2.90 bits per heavy atom. The van der Waals surface area contributed by atoms with Crippen molar-refractivity contribution in [2.24, 2.45) is 16.8 Å². The Kier molecular flexibility index (Phi) is 5.91. The highest BCUT2D eigenvalue weighted by molar-refractivity contribution is 7.15. The fourth-order valence-electron chi connectivity index (χ4n) is 4.11. The number of aryl methyl sites for hydroxylation is 1. The van der Waals surface area contributed by atoms with Crippen LogP contribution < -0.4 is 10.1 Å². The monoisotopic (exact) mass is 428 g/mol. The first kappa shape index (κ1) is 21.0. The lowest BCUT2D eigenvalue weighted by Gasteiger charge is -2.20. The highest BCUT2D eigenvalue weighted by Crippen LogP contribution is 2.39. The maximum absolute atomic E-state index is 12.8. The molecule has 1 N–H and O–H groups in total. The van der Waals surface area contributed by atoms with Crippen molar-refractivity contribution in [3.63, 3.8) is 0 Å². The largest absolute Gasteiger partial charge is 0.488 e. The number of rotatable bonds is 5. The van der Waals surface area contributed by atoms with Crippen molar-refractivity contribution in [1.29, 1.82) is 0 Å². The Hall–Kier alpha value is -2.28. The lowest BCUT2D eigenvalue weighted by atomic mass is 9.92. The summed E-state index contributed by atoms with van der Waals surface area (Å²) in [5, 5.41) is 12.8. The van der Waals surface area contributed by atoms with E-state index in [-0.39, 0.29) is 24.8 Å². The quantitative estimate of drug-likeness (QED) is 0.677. The van der Waals surface area contributed by atoms with E-state index in [2.05, 4.69) is 47.3 Å². The molecule has 30 heavy (non-hydrogen) atoms. The zero-order valence-electron chi connectivity index (χ0n) is 18.1. The molecule has 162 valence electrons. The van der Waals surface area contributed by atoms with Crippen LogP contribution >= 0.6 is 11.3 Å². The number of amides is 1. The van der Waals surface area contributed by atoms with Crippen molar-refractivity contribution in [2.45, 2.75) is 71.3 Å². The highest BCUT2D eigenvalue weighted by Gasteiger charge is 2.34. The van der Waals surface area contributed by atoms with Crippen LogP contribution in [0.3, 0.4) is 0 Å². The molecule has 0 radical (unpaired) electrons. The van der Waals surface area contributed by atoms with Gasteiger partial charge in [0.1, 0.15) is 16.4 Å². The number of nitrogens with one attached hydrogen (secondary N) is 1. The summed E-state index contributed by atoms with van der Waals surface area (Å²) in [7, 11) is 0. The van der Waals surface area contributed by atoms with Gasteiger partial charge in [0.05, 0.1) is 6.10 Å². The maximum atomic E-state index is 12.8. The predicted molar refractivity (Wildman–Crippen MR) is 123 cm³/mol. The van der Waals surface area contributed by atoms with Gasteiger partial charge in [0.2, 0.25) is 11.0 Å². The smallest absolute Gasteiger partial charge is 0.229 e. The number of para-hydroxylation sites is 1. The van der Waals surface area contributed by atoms with Crippen molar-refractivity contribution in [3.8, 4) is 5.75 Å². The number of nitrogens with zero attached hydrogens (tertiary/aromatic N) is 3. The molecule has 2 aromatic rings. The molecule has 2 aliphatic rings. The third-order valence-electron chi connectivity index (χ3n) is 5.98. The normalized spacial score (nSPS) is 21.9. The van der Waals surface area contributed by atoms with Crippen molar-refractivity contribution >= 4 is 34.3 Å². The molecular weight excluding hydrogens is 396 g/mol. The molecule has 3 unspecified atom stereocenters. The van der Waals surface area contributed by atoms with E-state index in [0.717, 1.165) is 48.5 Å². The average Bonchev–Trinajstić information content (AvgIpc) is 3.37. The first-order valence-electron chi connectivity index (χ1n) is 10.8. The number of hydrogen-bond acceptors (Lipinski definition) is 6. The average molecular weight is 429 g/mol. The van der Waals surface area contributed by atoms with Crippen LogP contribution in [0.15, 0.2) is 23.2 Å². The van der Waals surface area contributed by atoms with E-state index >= 15 is 0 Å². The molecule has 1 aliphatic heterocycles. The van der Waals surface area contributed by atoms with E-state index in [0.29, 0.717) is 11.0 Å². The van der Waals surface area contributed by atoms with E-state index in [4.69, 9.17) is 4.74 Å². The molecule has 1 amide bonds. The van der Waals surface area contributed by atoms with Gasteiger partial charge in [-0.3, -0.25) is 9.79 Å². The zero-order valence-corrected chi connectivity index (χ0v) is 19.0. The third-order valence-corrected chi connectivity index (χ3v) is 7.25. The summed E-state index contributed by atoms with van der Waals surface area (Å²) in [5.41, 5.74) is 2.16. The molecule has 0 spiro atoms. The van der Waals surface area contributed by atoms with Gasteiger partial charge in [-0.1, -0.05) is 51.2 Å². The van der Waals surface area contributed by atoms with Gasteiger partial charge in [0, 0.05) is 19.0 Å². The van der Waals surface area contributed by atoms with Crippen LogP contribution in [0, 0.1) is 11.8 Å². The Morgan fingerprint density at radius 2 is 2.13 bits per heavy atom. The number of carbonyl (C=O) groups is 1. The lowest BCUT2D eigenvalue weighted by molar-refractivity contribution is -0.120. The highest BCUT2D eigenvalue weighted by atomic mass is 32.1. The van der Waals surface area contributed by atoms with E-state index in [9.17, 15) is 4.79 Å². The molecule has 1 aliphatic carbocycles. The molecule has 1 fully saturated rings. The number of aromatic nitrogens is 2. The van der Waals surface area contributed by atoms with Crippen LogP contribution in [0.5, 0.6) is 5.75 Å². The van der Waals surface area contributed by atoms with E-state index in [1.165, 1.54) is 16.9 Å². The van der Waals surface area contributed by atoms with Gasteiger partial charge in [-0.15, -0.1) is 10.2 Å². The van der Waals surface area contributed by atoms with Crippen LogP contribution in [0.25, 0.3) is 0 Å². The van der Waals surface area contributed by atoms with Crippen LogP contribution in [0.4, 0.5) is 10.8 Å². The minimum atomic E-state index is -0.0942. The van der Waals surface area contributed by atoms with Crippen LogP contribution in [-0.2, 0) is 16.6 Å². The number of aliphatic imine (C=N–C) groups is 1. The number of anilines is 1. The van der Waals surface area contributed by atoms with Crippen LogP contribution in [-0.4, -0.2) is 28.4 Å². The van der Waals surface area contributed by atoms with E-state index in [1.54, 1.807) is 0 Å². The number of ether oxygens (including phenoxy) is 1. The van der Waals surface area contributed by atoms with Gasteiger partial charge < -0.3 is 10.1 Å². The molecule has 0 bridgehead atoms. The summed E-state index contributed by atoms with van der Waals surface area (Å²) in [6.45, 7) is 8.28. The Balaban J connectivity index is 0.00000272. The topological polar surface area (TPSA) is 76.5 Å². The first-order valence-corrected chi connectivity index (χ1v) is 11.6. The minimum Gasteiger partial charge on any atom is -0.488 e. The van der Waals surface area contributed by atoms with E-state index in [1.807, 2.05) is 25.3 Å². The fourth-order valence-corrected chi connectivity index (χ4v) is 4.92. The van der Waals surface area contributed by atoms with Gasteiger partial charge in [-0.25, -0.2) is 0 Å².